The maximum absolute atomic E-state index is 11.7. The van der Waals surface area contributed by atoms with Crippen LogP contribution in [0.2, 0.25) is 0 Å². The normalized spacial score (nSPS) is 11.2. The van der Waals surface area contributed by atoms with E-state index in [9.17, 15) is 13.2 Å². The third kappa shape index (κ3) is 4.46. The van der Waals surface area contributed by atoms with Gasteiger partial charge in [-0.1, -0.05) is 6.07 Å². The number of rotatable bonds is 6. The fourth-order valence-electron chi connectivity index (χ4n) is 1.39. The number of carbonyl (C=O) groups excluding carboxylic acids is 1. The Balaban J connectivity index is 2.69. The van der Waals surface area contributed by atoms with Crippen LogP contribution in [0.15, 0.2) is 29.2 Å². The second-order valence-corrected chi connectivity index (χ2v) is 5.92. The SMILES string of the molecule is COCCCNC(=O)c1cccc(S(C)(=O)=O)c1. The lowest BCUT2D eigenvalue weighted by atomic mass is 10.2. The van der Waals surface area contributed by atoms with Crippen LogP contribution in [0.4, 0.5) is 0 Å². The van der Waals surface area contributed by atoms with Gasteiger partial charge in [0.2, 0.25) is 0 Å². The number of hydrogen-bond acceptors (Lipinski definition) is 4. The molecule has 0 aromatic heterocycles. The summed E-state index contributed by atoms with van der Waals surface area (Å²) in [6.07, 6.45) is 1.83. The number of carbonyl (C=O) groups is 1. The second kappa shape index (κ2) is 6.51. The van der Waals surface area contributed by atoms with Crippen molar-refractivity contribution in [2.24, 2.45) is 0 Å². The Morgan fingerprint density at radius 3 is 2.72 bits per heavy atom. The van der Waals surface area contributed by atoms with Crippen LogP contribution in [0.3, 0.4) is 0 Å². The minimum Gasteiger partial charge on any atom is -0.385 e. The molecule has 0 aliphatic carbocycles. The topological polar surface area (TPSA) is 72.5 Å². The highest BCUT2D eigenvalue weighted by molar-refractivity contribution is 7.90. The van der Waals surface area contributed by atoms with Crippen LogP contribution >= 0.6 is 0 Å². The molecule has 0 heterocycles. The molecule has 5 nitrogen and oxygen atoms in total. The number of methoxy groups -OCH3 is 1. The van der Waals surface area contributed by atoms with Crippen molar-refractivity contribution >= 4 is 15.7 Å². The summed E-state index contributed by atoms with van der Waals surface area (Å²) in [5.74, 6) is -0.281. The van der Waals surface area contributed by atoms with E-state index in [4.69, 9.17) is 4.74 Å². The Hall–Kier alpha value is -1.40. The molecule has 1 rings (SSSR count). The summed E-state index contributed by atoms with van der Waals surface area (Å²) in [4.78, 5) is 11.9. The zero-order valence-corrected chi connectivity index (χ0v) is 11.3. The molecule has 0 atom stereocenters. The maximum atomic E-state index is 11.7. The fourth-order valence-corrected chi connectivity index (χ4v) is 2.06. The standard InChI is InChI=1S/C12H17NO4S/c1-17-8-4-7-13-12(14)10-5-3-6-11(9-10)18(2,15)16/h3,5-6,9H,4,7-8H2,1-2H3,(H,13,14). The predicted octanol–water partition coefficient (Wildman–Crippen LogP) is 0.856. The van der Waals surface area contributed by atoms with E-state index in [1.165, 1.54) is 12.1 Å². The lowest BCUT2D eigenvalue weighted by molar-refractivity contribution is 0.0948. The van der Waals surface area contributed by atoms with Crippen LogP contribution in [0, 0.1) is 0 Å². The number of sulfone groups is 1. The van der Waals surface area contributed by atoms with Crippen molar-refractivity contribution in [2.75, 3.05) is 26.5 Å². The molecule has 0 fully saturated rings. The van der Waals surface area contributed by atoms with Gasteiger partial charge in [0.1, 0.15) is 0 Å². The molecule has 100 valence electrons. The Labute approximate surface area is 107 Å². The van der Waals surface area contributed by atoms with Gasteiger partial charge >= 0.3 is 0 Å². The molecular weight excluding hydrogens is 254 g/mol. The summed E-state index contributed by atoms with van der Waals surface area (Å²) in [6.45, 7) is 1.07. The highest BCUT2D eigenvalue weighted by Crippen LogP contribution is 2.11. The van der Waals surface area contributed by atoms with E-state index < -0.39 is 9.84 Å². The third-order valence-electron chi connectivity index (χ3n) is 2.34. The molecule has 0 aliphatic rings. The number of amides is 1. The molecule has 0 unspecified atom stereocenters. The van der Waals surface area contributed by atoms with E-state index in [0.29, 0.717) is 25.1 Å². The Morgan fingerprint density at radius 2 is 2.11 bits per heavy atom. The van der Waals surface area contributed by atoms with Crippen LogP contribution in [0.25, 0.3) is 0 Å². The Kier molecular flexibility index (Phi) is 5.30. The van der Waals surface area contributed by atoms with Crippen molar-refractivity contribution in [2.45, 2.75) is 11.3 Å². The minimum atomic E-state index is -3.29. The molecule has 1 amide bonds. The van der Waals surface area contributed by atoms with Crippen LogP contribution in [-0.2, 0) is 14.6 Å². The van der Waals surface area contributed by atoms with Crippen molar-refractivity contribution in [3.05, 3.63) is 29.8 Å². The van der Waals surface area contributed by atoms with Crippen LogP contribution < -0.4 is 5.32 Å². The molecule has 0 aliphatic heterocycles. The molecule has 1 aromatic carbocycles. The summed E-state index contributed by atoms with van der Waals surface area (Å²) < 4.78 is 27.6. The number of hydrogen-bond donors (Lipinski definition) is 1. The molecule has 1 N–H and O–H groups in total. The summed E-state index contributed by atoms with van der Waals surface area (Å²) in [5, 5.41) is 2.70. The molecule has 0 saturated carbocycles. The minimum absolute atomic E-state index is 0.145. The van der Waals surface area contributed by atoms with Crippen molar-refractivity contribution in [1.82, 2.24) is 5.32 Å². The van der Waals surface area contributed by atoms with Crippen molar-refractivity contribution < 1.29 is 17.9 Å². The smallest absolute Gasteiger partial charge is 0.251 e. The van der Waals surface area contributed by atoms with Gasteiger partial charge in [-0.2, -0.15) is 0 Å². The Morgan fingerprint density at radius 1 is 1.39 bits per heavy atom. The first-order valence-electron chi connectivity index (χ1n) is 5.52. The van der Waals surface area contributed by atoms with Gasteiger partial charge in [-0.25, -0.2) is 8.42 Å². The van der Waals surface area contributed by atoms with Crippen molar-refractivity contribution in [1.29, 1.82) is 0 Å². The largest absolute Gasteiger partial charge is 0.385 e. The van der Waals surface area contributed by atoms with Gasteiger partial charge in [-0.05, 0) is 24.6 Å². The fraction of sp³-hybridized carbons (Fsp3) is 0.417. The average molecular weight is 271 g/mol. The quantitative estimate of drug-likeness (QED) is 0.779. The second-order valence-electron chi connectivity index (χ2n) is 3.90. The van der Waals surface area contributed by atoms with Crippen LogP contribution in [-0.4, -0.2) is 40.8 Å². The first kappa shape index (κ1) is 14.7. The van der Waals surface area contributed by atoms with Gasteiger partial charge in [0.05, 0.1) is 4.90 Å². The highest BCUT2D eigenvalue weighted by atomic mass is 32.2. The van der Waals surface area contributed by atoms with Crippen molar-refractivity contribution in [3.8, 4) is 0 Å². The molecule has 0 saturated heterocycles. The third-order valence-corrected chi connectivity index (χ3v) is 3.45. The average Bonchev–Trinajstić information content (AvgIpc) is 2.33. The van der Waals surface area contributed by atoms with Crippen LogP contribution in [0.5, 0.6) is 0 Å². The molecular formula is C12H17NO4S. The molecule has 6 heteroatoms. The number of nitrogens with one attached hydrogen (secondary N) is 1. The zero-order valence-electron chi connectivity index (χ0n) is 10.5. The number of ether oxygens (including phenoxy) is 1. The lowest BCUT2D eigenvalue weighted by Crippen LogP contribution is -2.25. The van der Waals surface area contributed by atoms with Crippen LogP contribution in [0.1, 0.15) is 16.8 Å². The van der Waals surface area contributed by atoms with E-state index in [2.05, 4.69) is 5.32 Å². The molecule has 1 aromatic rings. The van der Waals surface area contributed by atoms with Gasteiger partial charge < -0.3 is 10.1 Å². The van der Waals surface area contributed by atoms with Gasteiger partial charge in [0.25, 0.3) is 5.91 Å². The molecule has 18 heavy (non-hydrogen) atoms. The van der Waals surface area contributed by atoms with E-state index in [0.717, 1.165) is 6.26 Å². The van der Waals surface area contributed by atoms with Gasteiger partial charge in [0.15, 0.2) is 9.84 Å². The predicted molar refractivity (Wildman–Crippen MR) is 68.4 cm³/mol. The van der Waals surface area contributed by atoms with E-state index >= 15 is 0 Å². The lowest BCUT2D eigenvalue weighted by Gasteiger charge is -2.06. The summed E-state index contributed by atoms with van der Waals surface area (Å²) in [7, 11) is -1.69. The summed E-state index contributed by atoms with van der Waals surface area (Å²) >= 11 is 0. The molecule has 0 radical (unpaired) electrons. The zero-order chi connectivity index (χ0) is 13.6. The number of benzene rings is 1. The van der Waals surface area contributed by atoms with Gasteiger partial charge in [0, 0.05) is 32.1 Å². The first-order chi connectivity index (χ1) is 8.45. The van der Waals surface area contributed by atoms with Gasteiger partial charge in [-0.3, -0.25) is 4.79 Å². The van der Waals surface area contributed by atoms with E-state index in [-0.39, 0.29) is 10.8 Å². The first-order valence-corrected chi connectivity index (χ1v) is 7.41. The summed E-state index contributed by atoms with van der Waals surface area (Å²) in [6, 6.07) is 5.98. The van der Waals surface area contributed by atoms with Gasteiger partial charge in [-0.15, -0.1) is 0 Å². The van der Waals surface area contributed by atoms with E-state index in [1.54, 1.807) is 19.2 Å². The van der Waals surface area contributed by atoms with E-state index in [1.807, 2.05) is 0 Å². The van der Waals surface area contributed by atoms with Crippen molar-refractivity contribution in [3.63, 3.8) is 0 Å². The summed E-state index contributed by atoms with van der Waals surface area (Å²) in [5.41, 5.74) is 0.343. The maximum Gasteiger partial charge on any atom is 0.251 e. The molecule has 0 spiro atoms. The highest BCUT2D eigenvalue weighted by Gasteiger charge is 2.10. The molecule has 0 bridgehead atoms. The Bertz CT molecular complexity index is 511. The monoisotopic (exact) mass is 271 g/mol.